The van der Waals surface area contributed by atoms with E-state index in [1.165, 1.54) is 9.87 Å². The third kappa shape index (κ3) is 4.33. The fraction of sp³-hybridized carbons (Fsp3) is 0.619. The van der Waals surface area contributed by atoms with Crippen molar-refractivity contribution in [2.45, 2.75) is 43.9 Å². The minimum Gasteiger partial charge on any atom is -0.455 e. The van der Waals surface area contributed by atoms with Crippen LogP contribution in [0.5, 0.6) is 0 Å². The number of esters is 1. The van der Waals surface area contributed by atoms with Gasteiger partial charge in [0.1, 0.15) is 0 Å². The monoisotopic (exact) mass is 420 g/mol. The number of carbonyl (C=O) groups excluding carboxylic acids is 2. The number of piperazine rings is 1. The van der Waals surface area contributed by atoms with Gasteiger partial charge < -0.3 is 9.64 Å². The Morgan fingerprint density at radius 1 is 1.07 bits per heavy atom. The van der Waals surface area contributed by atoms with Crippen LogP contribution in [0.1, 0.15) is 37.3 Å². The zero-order chi connectivity index (χ0) is 20.6. The molecule has 2 fully saturated rings. The fourth-order valence-electron chi connectivity index (χ4n) is 4.18. The number of aryl methyl sites for hydroxylation is 2. The molecule has 0 unspecified atom stereocenters. The van der Waals surface area contributed by atoms with Gasteiger partial charge in [0, 0.05) is 26.2 Å². The summed E-state index contributed by atoms with van der Waals surface area (Å²) in [7, 11) is -3.57. The smallest absolute Gasteiger partial charge is 0.309 e. The van der Waals surface area contributed by atoms with E-state index in [9.17, 15) is 18.0 Å². The lowest BCUT2D eigenvalue weighted by Gasteiger charge is -2.34. The summed E-state index contributed by atoms with van der Waals surface area (Å²) in [6.07, 6.45) is 5.03. The summed E-state index contributed by atoms with van der Waals surface area (Å²) in [5.74, 6) is -0.298. The molecule has 7 nitrogen and oxygen atoms in total. The van der Waals surface area contributed by atoms with Gasteiger partial charge in [0.05, 0.1) is 10.8 Å². The predicted molar refractivity (Wildman–Crippen MR) is 107 cm³/mol. The summed E-state index contributed by atoms with van der Waals surface area (Å²) in [5.41, 5.74) is 2.39. The average molecular weight is 421 g/mol. The van der Waals surface area contributed by atoms with Crippen LogP contribution >= 0.6 is 0 Å². The van der Waals surface area contributed by atoms with Crippen LogP contribution < -0.4 is 0 Å². The Balaban J connectivity index is 1.32. The molecule has 0 bridgehead atoms. The van der Waals surface area contributed by atoms with Gasteiger partial charge in [-0.15, -0.1) is 0 Å². The first kappa shape index (κ1) is 20.3. The summed E-state index contributed by atoms with van der Waals surface area (Å²) >= 11 is 0. The summed E-state index contributed by atoms with van der Waals surface area (Å²) in [4.78, 5) is 26.0. The Hall–Kier alpha value is -1.93. The Morgan fingerprint density at radius 3 is 2.38 bits per heavy atom. The van der Waals surface area contributed by atoms with Gasteiger partial charge in [-0.25, -0.2) is 8.42 Å². The largest absolute Gasteiger partial charge is 0.455 e. The first-order valence-corrected chi connectivity index (χ1v) is 11.9. The van der Waals surface area contributed by atoms with E-state index in [4.69, 9.17) is 4.74 Å². The summed E-state index contributed by atoms with van der Waals surface area (Å²) in [6.45, 7) is 2.83. The standard InChI is InChI=1S/C21H28N2O5S/c1-15-12-19(15)21(25)28-14-20(24)22-8-10-23(11-9-22)29(26,27)18-7-6-16-4-2-3-5-17(16)13-18/h6-7,13,15,19H,2-5,8-12,14H2,1H3/t15-,19-/m1/s1. The van der Waals surface area contributed by atoms with E-state index in [1.54, 1.807) is 11.0 Å². The van der Waals surface area contributed by atoms with Crippen molar-refractivity contribution in [3.63, 3.8) is 0 Å². The zero-order valence-corrected chi connectivity index (χ0v) is 17.6. The Labute approximate surface area is 172 Å². The lowest BCUT2D eigenvalue weighted by atomic mass is 9.92. The predicted octanol–water partition coefficient (Wildman–Crippen LogP) is 1.60. The molecule has 0 aromatic heterocycles. The molecule has 1 saturated carbocycles. The van der Waals surface area contributed by atoms with Gasteiger partial charge in [-0.05, 0) is 61.3 Å². The lowest BCUT2D eigenvalue weighted by molar-refractivity contribution is -0.153. The molecular formula is C21H28N2O5S. The molecule has 0 spiro atoms. The maximum atomic E-state index is 13.0. The van der Waals surface area contributed by atoms with Crippen molar-refractivity contribution in [3.8, 4) is 0 Å². The number of amides is 1. The Bertz CT molecular complexity index is 906. The molecule has 2 aliphatic carbocycles. The highest BCUT2D eigenvalue weighted by molar-refractivity contribution is 7.89. The van der Waals surface area contributed by atoms with Crippen LogP contribution in [0.4, 0.5) is 0 Å². The maximum Gasteiger partial charge on any atom is 0.309 e. The van der Waals surface area contributed by atoms with E-state index in [0.29, 0.717) is 23.9 Å². The highest BCUT2D eigenvalue weighted by Crippen LogP contribution is 2.38. The molecular weight excluding hydrogens is 392 g/mol. The second kappa shape index (κ2) is 8.07. The average Bonchev–Trinajstić information content (AvgIpc) is 3.48. The molecule has 158 valence electrons. The maximum absolute atomic E-state index is 13.0. The number of carbonyl (C=O) groups is 2. The SMILES string of the molecule is C[C@@H]1C[C@H]1C(=O)OCC(=O)N1CCN(S(=O)(=O)c2ccc3c(c2)CCCC3)CC1. The number of fused-ring (bicyclic) bond motifs is 1. The number of sulfonamides is 1. The first-order chi connectivity index (χ1) is 13.9. The molecule has 8 heteroatoms. The van der Waals surface area contributed by atoms with E-state index in [-0.39, 0.29) is 37.5 Å². The van der Waals surface area contributed by atoms with Gasteiger partial charge in [0.2, 0.25) is 10.0 Å². The number of ether oxygens (including phenoxy) is 1. The molecule has 29 heavy (non-hydrogen) atoms. The first-order valence-electron chi connectivity index (χ1n) is 10.4. The molecule has 1 heterocycles. The van der Waals surface area contributed by atoms with E-state index < -0.39 is 10.0 Å². The quantitative estimate of drug-likeness (QED) is 0.676. The minimum absolute atomic E-state index is 0.0681. The van der Waals surface area contributed by atoms with Crippen LogP contribution in [0.3, 0.4) is 0 Å². The highest BCUT2D eigenvalue weighted by Gasteiger charge is 2.41. The molecule has 1 aromatic rings. The molecule has 2 atom stereocenters. The number of hydrogen-bond donors (Lipinski definition) is 0. The Kier molecular flexibility index (Phi) is 5.66. The molecule has 1 saturated heterocycles. The number of hydrogen-bond acceptors (Lipinski definition) is 5. The van der Waals surface area contributed by atoms with Gasteiger partial charge >= 0.3 is 5.97 Å². The number of rotatable bonds is 5. The fourth-order valence-corrected chi connectivity index (χ4v) is 5.65. The van der Waals surface area contributed by atoms with Crippen molar-refractivity contribution in [2.75, 3.05) is 32.8 Å². The van der Waals surface area contributed by atoms with Gasteiger partial charge in [-0.3, -0.25) is 9.59 Å². The summed E-state index contributed by atoms with van der Waals surface area (Å²) < 4.78 is 32.6. The van der Waals surface area contributed by atoms with Crippen molar-refractivity contribution in [1.29, 1.82) is 0 Å². The van der Waals surface area contributed by atoms with E-state index in [1.807, 2.05) is 19.1 Å². The van der Waals surface area contributed by atoms with Gasteiger partial charge in [0.15, 0.2) is 6.61 Å². The third-order valence-electron chi connectivity index (χ3n) is 6.30. The van der Waals surface area contributed by atoms with E-state index in [2.05, 4.69) is 0 Å². The van der Waals surface area contributed by atoms with Crippen LogP contribution in [0, 0.1) is 11.8 Å². The van der Waals surface area contributed by atoms with Gasteiger partial charge in [-0.2, -0.15) is 4.31 Å². The van der Waals surface area contributed by atoms with Crippen LogP contribution in [-0.4, -0.2) is 62.3 Å². The normalized spacial score (nSPS) is 24.7. The van der Waals surface area contributed by atoms with Crippen LogP contribution in [0.25, 0.3) is 0 Å². The molecule has 0 N–H and O–H groups in total. The molecule has 1 aromatic carbocycles. The van der Waals surface area contributed by atoms with Crippen molar-refractivity contribution < 1.29 is 22.7 Å². The number of benzene rings is 1. The van der Waals surface area contributed by atoms with Gasteiger partial charge in [0.25, 0.3) is 5.91 Å². The third-order valence-corrected chi connectivity index (χ3v) is 8.19. The second-order valence-electron chi connectivity index (χ2n) is 8.35. The molecule has 1 aliphatic heterocycles. The lowest BCUT2D eigenvalue weighted by Crippen LogP contribution is -2.51. The zero-order valence-electron chi connectivity index (χ0n) is 16.8. The highest BCUT2D eigenvalue weighted by atomic mass is 32.2. The second-order valence-corrected chi connectivity index (χ2v) is 10.3. The molecule has 1 amide bonds. The van der Waals surface area contributed by atoms with E-state index in [0.717, 1.165) is 37.7 Å². The van der Waals surface area contributed by atoms with Crippen LogP contribution in [0.2, 0.25) is 0 Å². The molecule has 3 aliphatic rings. The summed E-state index contributed by atoms with van der Waals surface area (Å²) in [5, 5.41) is 0. The van der Waals surface area contributed by atoms with Crippen LogP contribution in [0.15, 0.2) is 23.1 Å². The number of nitrogens with zero attached hydrogens (tertiary/aromatic N) is 2. The van der Waals surface area contributed by atoms with Crippen LogP contribution in [-0.2, 0) is 37.2 Å². The van der Waals surface area contributed by atoms with Crippen molar-refractivity contribution in [3.05, 3.63) is 29.3 Å². The van der Waals surface area contributed by atoms with Crippen molar-refractivity contribution in [1.82, 2.24) is 9.21 Å². The van der Waals surface area contributed by atoms with Crippen molar-refractivity contribution in [2.24, 2.45) is 11.8 Å². The summed E-state index contributed by atoms with van der Waals surface area (Å²) in [6, 6.07) is 5.46. The molecule has 0 radical (unpaired) electrons. The van der Waals surface area contributed by atoms with Crippen molar-refractivity contribution >= 4 is 21.9 Å². The Morgan fingerprint density at radius 2 is 1.72 bits per heavy atom. The van der Waals surface area contributed by atoms with Gasteiger partial charge in [-0.1, -0.05) is 13.0 Å². The molecule has 4 rings (SSSR count). The topological polar surface area (TPSA) is 84.0 Å². The van der Waals surface area contributed by atoms with E-state index >= 15 is 0 Å². The minimum atomic E-state index is -3.57.